The van der Waals surface area contributed by atoms with Crippen LogP contribution in [0.25, 0.3) is 12.2 Å². The van der Waals surface area contributed by atoms with Crippen molar-refractivity contribution in [2.45, 2.75) is 42.7 Å². The molecule has 2 atom stereocenters. The first-order chi connectivity index (χ1) is 33.9. The topological polar surface area (TPSA) is 120 Å². The number of methoxy groups -OCH3 is 1. The Morgan fingerprint density at radius 3 is 1.28 bits per heavy atom. The van der Waals surface area contributed by atoms with Crippen molar-refractivity contribution in [2.24, 2.45) is 0 Å². The molecule has 0 spiro atoms. The average molecular weight is 915 g/mol. The van der Waals surface area contributed by atoms with E-state index in [9.17, 15) is 15.0 Å². The van der Waals surface area contributed by atoms with Crippen LogP contribution in [0.5, 0.6) is 0 Å². The average Bonchev–Trinajstić information content (AvgIpc) is 4.10. The Morgan fingerprint density at radius 1 is 0.580 bits per heavy atom. The number of aliphatic hydroxyl groups excluding tert-OH is 2. The Labute approximate surface area is 404 Å². The lowest BCUT2D eigenvalue weighted by Gasteiger charge is -2.48. The Hall–Kier alpha value is -7.47. The number of aromatic amines is 1. The standard InChI is InChI=1S/C31H31N3O3.C28H27N3O/c1-37-30(36)23-34-21-24(20-32-34)19-25-22-33(18-17-29(25)35)31(26-11-5-2-6-12-26,27-13-7-3-8-14-27)28-15-9-4-10-16-28;32-27-16-17-31(21-23(27)18-22-19-29-30-20-22)28(24-10-4-1-5-11-24,25-12-6-2-7-13-25)26-14-8-3-9-15-26/h2-16,19-21,29,35H,17-18,22-23H2,1H3;1-15,18-20,27,32H,16-17,21H2,(H,29,30)/b25-19+;23-18+. The van der Waals surface area contributed by atoms with Gasteiger partial charge in [-0.2, -0.15) is 10.2 Å². The predicted molar refractivity (Wildman–Crippen MR) is 272 cm³/mol. The smallest absolute Gasteiger partial charge is 0.327 e. The van der Waals surface area contributed by atoms with Crippen LogP contribution in [0.1, 0.15) is 57.3 Å². The van der Waals surface area contributed by atoms with Crippen LogP contribution in [-0.2, 0) is 27.2 Å². The molecule has 0 bridgehead atoms. The predicted octanol–water partition coefficient (Wildman–Crippen LogP) is 9.35. The summed E-state index contributed by atoms with van der Waals surface area (Å²) < 4.78 is 6.30. The number of nitrogens with one attached hydrogen (secondary N) is 1. The number of esters is 1. The van der Waals surface area contributed by atoms with E-state index >= 15 is 0 Å². The first kappa shape index (κ1) is 46.6. The van der Waals surface area contributed by atoms with E-state index in [-0.39, 0.29) is 12.5 Å². The molecule has 348 valence electrons. The summed E-state index contributed by atoms with van der Waals surface area (Å²) in [6.07, 6.45) is 11.5. The van der Waals surface area contributed by atoms with Crippen molar-refractivity contribution in [1.29, 1.82) is 0 Å². The molecule has 0 saturated carbocycles. The zero-order valence-corrected chi connectivity index (χ0v) is 38.8. The second kappa shape index (κ2) is 21.7. The van der Waals surface area contributed by atoms with E-state index in [0.29, 0.717) is 25.9 Å². The third kappa shape index (κ3) is 9.93. The van der Waals surface area contributed by atoms with E-state index in [1.165, 1.54) is 40.5 Å². The summed E-state index contributed by atoms with van der Waals surface area (Å²) in [7, 11) is 1.36. The molecule has 3 N–H and O–H groups in total. The summed E-state index contributed by atoms with van der Waals surface area (Å²) in [6, 6.07) is 63.9. The number of benzene rings is 6. The molecular formula is C59H58N6O4. The molecule has 2 fully saturated rings. The van der Waals surface area contributed by atoms with Gasteiger partial charge in [-0.25, -0.2) is 0 Å². The molecule has 2 aliphatic rings. The van der Waals surface area contributed by atoms with Gasteiger partial charge in [0, 0.05) is 49.7 Å². The van der Waals surface area contributed by atoms with Crippen LogP contribution in [-0.4, -0.2) is 91.5 Å². The molecule has 2 unspecified atom stereocenters. The highest BCUT2D eigenvalue weighted by atomic mass is 16.5. The van der Waals surface area contributed by atoms with Crippen molar-refractivity contribution in [3.63, 3.8) is 0 Å². The van der Waals surface area contributed by atoms with Crippen LogP contribution in [0.2, 0.25) is 0 Å². The minimum atomic E-state index is -0.555. The third-order valence-corrected chi connectivity index (χ3v) is 13.4. The monoisotopic (exact) mass is 914 g/mol. The molecule has 2 saturated heterocycles. The first-order valence-corrected chi connectivity index (χ1v) is 23.6. The first-order valence-electron chi connectivity index (χ1n) is 23.6. The highest BCUT2D eigenvalue weighted by Crippen LogP contribution is 2.46. The third-order valence-electron chi connectivity index (χ3n) is 13.4. The normalized spacial score (nSPS) is 18.1. The number of carbonyl (C=O) groups is 1. The van der Waals surface area contributed by atoms with Gasteiger partial charge < -0.3 is 14.9 Å². The number of hydrogen-bond acceptors (Lipinski definition) is 8. The second-order valence-corrected chi connectivity index (χ2v) is 17.6. The highest BCUT2D eigenvalue weighted by Gasteiger charge is 2.45. The summed E-state index contributed by atoms with van der Waals surface area (Å²) in [4.78, 5) is 16.6. The maximum Gasteiger partial charge on any atom is 0.327 e. The number of rotatable bonds is 12. The molecule has 0 amide bonds. The molecule has 10 heteroatoms. The van der Waals surface area contributed by atoms with Crippen LogP contribution in [0.3, 0.4) is 0 Å². The van der Waals surface area contributed by atoms with Crippen LogP contribution in [0.4, 0.5) is 0 Å². The summed E-state index contributed by atoms with van der Waals surface area (Å²) in [5.74, 6) is -0.357. The van der Waals surface area contributed by atoms with E-state index in [1.807, 2.05) is 30.5 Å². The van der Waals surface area contributed by atoms with E-state index in [2.05, 4.69) is 195 Å². The quantitative estimate of drug-likeness (QED) is 0.0820. The second-order valence-electron chi connectivity index (χ2n) is 17.6. The van der Waals surface area contributed by atoms with Crippen LogP contribution < -0.4 is 0 Å². The number of ether oxygens (including phenoxy) is 1. The Bertz CT molecular complexity index is 2720. The van der Waals surface area contributed by atoms with Crippen LogP contribution >= 0.6 is 0 Å². The SMILES string of the molecule is COC(=O)Cn1cc(/C=C2\CN(C(c3ccccc3)(c3ccccc3)c3ccccc3)CCC2O)cn1.OC1CCN(C(c2ccccc2)(c2ccccc2)c2ccccc2)C/C1=C\c1cn[nH]c1. The van der Waals surface area contributed by atoms with Gasteiger partial charge in [0.1, 0.15) is 6.54 Å². The number of likely N-dealkylation sites (tertiary alicyclic amines) is 2. The number of nitrogens with zero attached hydrogens (tertiary/aromatic N) is 5. The number of piperidine rings is 2. The number of hydrogen-bond donors (Lipinski definition) is 3. The molecule has 4 heterocycles. The maximum absolute atomic E-state index is 11.6. The number of H-pyrrole nitrogens is 1. The number of aromatic nitrogens is 4. The number of aliphatic hydroxyl groups is 2. The lowest BCUT2D eigenvalue weighted by atomic mass is 9.74. The lowest BCUT2D eigenvalue weighted by molar-refractivity contribution is -0.141. The fourth-order valence-corrected chi connectivity index (χ4v) is 10.3. The molecule has 2 aliphatic heterocycles. The maximum atomic E-state index is 11.6. The number of carbonyl (C=O) groups excluding carboxylic acids is 1. The Morgan fingerprint density at radius 2 is 0.942 bits per heavy atom. The molecule has 0 aliphatic carbocycles. The van der Waals surface area contributed by atoms with Gasteiger partial charge >= 0.3 is 5.97 Å². The van der Waals surface area contributed by atoms with Gasteiger partial charge in [0.15, 0.2) is 0 Å². The van der Waals surface area contributed by atoms with Crippen molar-refractivity contribution >= 4 is 18.1 Å². The van der Waals surface area contributed by atoms with E-state index in [1.54, 1.807) is 23.3 Å². The van der Waals surface area contributed by atoms with E-state index in [0.717, 1.165) is 35.4 Å². The summed E-state index contributed by atoms with van der Waals surface area (Å²) in [5.41, 5.74) is 9.90. The van der Waals surface area contributed by atoms with Gasteiger partial charge in [-0.05, 0) is 69.5 Å². The van der Waals surface area contributed by atoms with E-state index in [4.69, 9.17) is 4.74 Å². The minimum Gasteiger partial charge on any atom is -0.468 e. The van der Waals surface area contributed by atoms with Gasteiger partial charge in [0.2, 0.25) is 0 Å². The van der Waals surface area contributed by atoms with E-state index < -0.39 is 23.3 Å². The lowest BCUT2D eigenvalue weighted by Crippen LogP contribution is -2.52. The largest absolute Gasteiger partial charge is 0.468 e. The van der Waals surface area contributed by atoms with Gasteiger partial charge in [-0.1, -0.05) is 182 Å². The summed E-state index contributed by atoms with van der Waals surface area (Å²) in [6.45, 7) is 2.78. The van der Waals surface area contributed by atoms with Crippen molar-refractivity contribution < 1.29 is 19.7 Å². The fourth-order valence-electron chi connectivity index (χ4n) is 10.3. The highest BCUT2D eigenvalue weighted by molar-refractivity contribution is 5.69. The molecule has 0 radical (unpaired) electrons. The zero-order valence-electron chi connectivity index (χ0n) is 38.8. The molecule has 2 aromatic heterocycles. The van der Waals surface area contributed by atoms with Crippen LogP contribution in [0, 0.1) is 0 Å². The van der Waals surface area contributed by atoms with Gasteiger partial charge in [0.05, 0.1) is 42.8 Å². The fraction of sp³-hybridized carbons (Fsp3) is 0.203. The van der Waals surface area contributed by atoms with Crippen molar-refractivity contribution in [1.82, 2.24) is 29.8 Å². The molecule has 10 nitrogen and oxygen atoms in total. The van der Waals surface area contributed by atoms with Crippen molar-refractivity contribution in [3.8, 4) is 0 Å². The molecular weight excluding hydrogens is 857 g/mol. The molecule has 6 aromatic carbocycles. The van der Waals surface area contributed by atoms with Gasteiger partial charge in [-0.15, -0.1) is 0 Å². The van der Waals surface area contributed by atoms with Gasteiger partial charge in [-0.3, -0.25) is 24.4 Å². The minimum absolute atomic E-state index is 0.0491. The van der Waals surface area contributed by atoms with Crippen LogP contribution in [0.15, 0.2) is 218 Å². The molecule has 8 aromatic rings. The Balaban J connectivity index is 0.000000174. The van der Waals surface area contributed by atoms with Crippen molar-refractivity contribution in [2.75, 3.05) is 33.3 Å². The Kier molecular flexibility index (Phi) is 14.6. The molecule has 69 heavy (non-hydrogen) atoms. The van der Waals surface area contributed by atoms with Crippen molar-refractivity contribution in [3.05, 3.63) is 262 Å². The van der Waals surface area contributed by atoms with Gasteiger partial charge in [0.25, 0.3) is 0 Å². The zero-order chi connectivity index (χ0) is 47.5. The molecule has 10 rings (SSSR count). The summed E-state index contributed by atoms with van der Waals surface area (Å²) >= 11 is 0. The summed E-state index contributed by atoms with van der Waals surface area (Å²) in [5, 5.41) is 33.1.